The molecular formula is C23H24N4O5. The number of fused-ring (bicyclic) bond motifs is 2. The van der Waals surface area contributed by atoms with Crippen molar-refractivity contribution >= 4 is 29.2 Å². The average Bonchev–Trinajstić information content (AvgIpc) is 3.05. The molecule has 3 aliphatic heterocycles. The largest absolute Gasteiger partial charge is 0.493 e. The Morgan fingerprint density at radius 1 is 1.03 bits per heavy atom. The van der Waals surface area contributed by atoms with Crippen LogP contribution >= 0.6 is 0 Å². The third-order valence-electron chi connectivity index (χ3n) is 6.09. The Hall–Kier alpha value is -3.59. The van der Waals surface area contributed by atoms with E-state index in [4.69, 9.17) is 9.47 Å². The first-order chi connectivity index (χ1) is 15.6. The van der Waals surface area contributed by atoms with Crippen LogP contribution in [-0.2, 0) is 19.9 Å². The summed E-state index contributed by atoms with van der Waals surface area (Å²) >= 11 is 0. The van der Waals surface area contributed by atoms with Crippen molar-refractivity contribution < 1.29 is 23.9 Å². The maximum absolute atomic E-state index is 13.3. The number of nitrogens with zero attached hydrogens (tertiary/aromatic N) is 2. The predicted octanol–water partition coefficient (Wildman–Crippen LogP) is 1.69. The fraction of sp³-hybridized carbons (Fsp3) is 0.348. The van der Waals surface area contributed by atoms with Gasteiger partial charge in [-0.15, -0.1) is 0 Å². The van der Waals surface area contributed by atoms with Crippen LogP contribution in [0.3, 0.4) is 0 Å². The van der Waals surface area contributed by atoms with E-state index in [1.165, 1.54) is 0 Å². The van der Waals surface area contributed by atoms with Crippen molar-refractivity contribution in [3.8, 4) is 5.75 Å². The molecule has 2 N–H and O–H groups in total. The number of ether oxygens (including phenoxy) is 2. The lowest BCUT2D eigenvalue weighted by Gasteiger charge is -2.33. The molecule has 1 atom stereocenters. The van der Waals surface area contributed by atoms with E-state index in [9.17, 15) is 14.4 Å². The van der Waals surface area contributed by atoms with Crippen LogP contribution in [0.25, 0.3) is 0 Å². The Morgan fingerprint density at radius 3 is 2.56 bits per heavy atom. The summed E-state index contributed by atoms with van der Waals surface area (Å²) in [6, 6.07) is 14.1. The van der Waals surface area contributed by atoms with E-state index >= 15 is 0 Å². The van der Waals surface area contributed by atoms with Crippen molar-refractivity contribution in [2.24, 2.45) is 0 Å². The summed E-state index contributed by atoms with van der Waals surface area (Å²) in [5, 5.41) is 5.57. The fourth-order valence-corrected chi connectivity index (χ4v) is 4.44. The summed E-state index contributed by atoms with van der Waals surface area (Å²) in [5.74, 6) is -0.305. The van der Waals surface area contributed by atoms with Crippen molar-refractivity contribution in [2.75, 3.05) is 49.7 Å². The highest BCUT2D eigenvalue weighted by atomic mass is 16.5. The quantitative estimate of drug-likeness (QED) is 0.708. The molecule has 0 bridgehead atoms. The minimum absolute atomic E-state index is 0.304. The molecule has 0 aromatic heterocycles. The van der Waals surface area contributed by atoms with E-state index in [-0.39, 0.29) is 6.54 Å². The number of imide groups is 1. The van der Waals surface area contributed by atoms with E-state index < -0.39 is 23.4 Å². The maximum Gasteiger partial charge on any atom is 0.325 e. The van der Waals surface area contributed by atoms with Crippen molar-refractivity contribution in [2.45, 2.75) is 12.0 Å². The summed E-state index contributed by atoms with van der Waals surface area (Å²) in [6.07, 6.45) is 0.315. The number of morpholine rings is 1. The molecule has 4 amide bonds. The topological polar surface area (TPSA) is 100 Å². The number of rotatable bonds is 4. The molecule has 0 saturated carbocycles. The standard InChI is InChI=1S/C23H24N4O5/c28-20(24-16-5-7-17(8-6-16)26-10-13-31-14-11-26)15-27-21(29)23(25-22(27)30)9-12-32-19-4-2-1-3-18(19)23/h1-8H,9-15H2,(H,24,28)(H,25,30)/t23-/m1/s1. The first-order valence-corrected chi connectivity index (χ1v) is 10.7. The Morgan fingerprint density at radius 2 is 1.78 bits per heavy atom. The van der Waals surface area contributed by atoms with Crippen molar-refractivity contribution in [3.63, 3.8) is 0 Å². The number of hydrogen-bond acceptors (Lipinski definition) is 6. The number of benzene rings is 2. The molecule has 32 heavy (non-hydrogen) atoms. The molecule has 1 spiro atoms. The lowest BCUT2D eigenvalue weighted by Crippen LogP contribution is -2.48. The van der Waals surface area contributed by atoms with E-state index in [0.29, 0.717) is 43.2 Å². The van der Waals surface area contributed by atoms with E-state index in [1.54, 1.807) is 18.2 Å². The van der Waals surface area contributed by atoms with Crippen molar-refractivity contribution in [1.29, 1.82) is 0 Å². The van der Waals surface area contributed by atoms with Gasteiger partial charge in [0.15, 0.2) is 5.54 Å². The minimum Gasteiger partial charge on any atom is -0.493 e. The molecule has 2 aromatic rings. The predicted molar refractivity (Wildman–Crippen MR) is 117 cm³/mol. The fourth-order valence-electron chi connectivity index (χ4n) is 4.44. The molecule has 0 unspecified atom stereocenters. The Kier molecular flexibility index (Phi) is 5.18. The molecule has 166 valence electrons. The van der Waals surface area contributed by atoms with Gasteiger partial charge in [0.05, 0.1) is 19.8 Å². The van der Waals surface area contributed by atoms with Gasteiger partial charge in [-0.1, -0.05) is 18.2 Å². The summed E-state index contributed by atoms with van der Waals surface area (Å²) in [4.78, 5) is 41.7. The second-order valence-electron chi connectivity index (χ2n) is 8.02. The van der Waals surface area contributed by atoms with Crippen LogP contribution in [0.1, 0.15) is 12.0 Å². The SMILES string of the molecule is O=C(CN1C(=O)N[C@@]2(CCOc3ccccc32)C1=O)Nc1ccc(N2CCOCC2)cc1. The molecule has 2 fully saturated rings. The molecule has 9 heteroatoms. The van der Waals surface area contributed by atoms with Gasteiger partial charge in [-0.25, -0.2) is 4.79 Å². The third kappa shape index (κ3) is 3.54. The van der Waals surface area contributed by atoms with Crippen LogP contribution in [0.4, 0.5) is 16.2 Å². The highest BCUT2D eigenvalue weighted by Crippen LogP contribution is 2.40. The second kappa shape index (κ2) is 8.16. The summed E-state index contributed by atoms with van der Waals surface area (Å²) < 4.78 is 11.0. The van der Waals surface area contributed by atoms with Crippen LogP contribution in [-0.4, -0.2) is 62.2 Å². The third-order valence-corrected chi connectivity index (χ3v) is 6.09. The number of nitrogens with one attached hydrogen (secondary N) is 2. The monoisotopic (exact) mass is 436 g/mol. The van der Waals surface area contributed by atoms with Crippen LogP contribution in [0.5, 0.6) is 5.75 Å². The molecule has 0 aliphatic carbocycles. The first kappa shape index (κ1) is 20.3. The maximum atomic E-state index is 13.3. The molecule has 5 rings (SSSR count). The number of amides is 4. The van der Waals surface area contributed by atoms with E-state index in [1.807, 2.05) is 30.3 Å². The number of carbonyl (C=O) groups excluding carboxylic acids is 3. The van der Waals surface area contributed by atoms with Gasteiger partial charge in [-0.3, -0.25) is 14.5 Å². The van der Waals surface area contributed by atoms with Crippen LogP contribution in [0.15, 0.2) is 48.5 Å². The minimum atomic E-state index is -1.19. The van der Waals surface area contributed by atoms with Crippen molar-refractivity contribution in [3.05, 3.63) is 54.1 Å². The van der Waals surface area contributed by atoms with Gasteiger partial charge in [-0.05, 0) is 30.3 Å². The van der Waals surface area contributed by atoms with Crippen LogP contribution < -0.4 is 20.3 Å². The second-order valence-corrected chi connectivity index (χ2v) is 8.02. The summed E-state index contributed by atoms with van der Waals surface area (Å²) in [5.41, 5.74) is 1.09. The molecule has 2 saturated heterocycles. The molecule has 0 radical (unpaired) electrons. The number of hydrogen-bond donors (Lipinski definition) is 2. The Balaban J connectivity index is 1.26. The van der Waals surface area contributed by atoms with Crippen LogP contribution in [0.2, 0.25) is 0 Å². The molecule has 9 nitrogen and oxygen atoms in total. The number of carbonyl (C=O) groups is 3. The van der Waals surface area contributed by atoms with Crippen molar-refractivity contribution in [1.82, 2.24) is 10.2 Å². The van der Waals surface area contributed by atoms with Gasteiger partial charge in [-0.2, -0.15) is 0 Å². The smallest absolute Gasteiger partial charge is 0.325 e. The zero-order chi connectivity index (χ0) is 22.1. The molecule has 2 aromatic carbocycles. The lowest BCUT2D eigenvalue weighted by molar-refractivity contribution is -0.135. The number of para-hydroxylation sites is 1. The number of anilines is 2. The van der Waals surface area contributed by atoms with Gasteiger partial charge >= 0.3 is 6.03 Å². The highest BCUT2D eigenvalue weighted by molar-refractivity contribution is 6.10. The van der Waals surface area contributed by atoms with E-state index in [2.05, 4.69) is 15.5 Å². The summed E-state index contributed by atoms with van der Waals surface area (Å²) in [6.45, 7) is 2.99. The normalized spacial score (nSPS) is 22.4. The zero-order valence-corrected chi connectivity index (χ0v) is 17.5. The number of urea groups is 1. The molecular weight excluding hydrogens is 412 g/mol. The Bertz CT molecular complexity index is 1050. The van der Waals surface area contributed by atoms with Gasteiger partial charge in [0, 0.05) is 36.4 Å². The highest BCUT2D eigenvalue weighted by Gasteiger charge is 2.55. The lowest BCUT2D eigenvalue weighted by atomic mass is 9.84. The van der Waals surface area contributed by atoms with Crippen LogP contribution in [0, 0.1) is 0 Å². The van der Waals surface area contributed by atoms with E-state index in [0.717, 1.165) is 23.7 Å². The van der Waals surface area contributed by atoms with Gasteiger partial charge in [0.25, 0.3) is 5.91 Å². The molecule has 3 heterocycles. The zero-order valence-electron chi connectivity index (χ0n) is 17.5. The van der Waals surface area contributed by atoms with Gasteiger partial charge in [0.1, 0.15) is 12.3 Å². The average molecular weight is 436 g/mol. The van der Waals surface area contributed by atoms with Gasteiger partial charge in [0.2, 0.25) is 5.91 Å². The molecule has 3 aliphatic rings. The Labute approximate surface area is 185 Å². The summed E-state index contributed by atoms with van der Waals surface area (Å²) in [7, 11) is 0. The first-order valence-electron chi connectivity index (χ1n) is 10.7. The van der Waals surface area contributed by atoms with Gasteiger partial charge < -0.3 is 25.0 Å².